The van der Waals surface area contributed by atoms with E-state index in [4.69, 9.17) is 0 Å². The maximum absolute atomic E-state index is 12.2. The van der Waals surface area contributed by atoms with E-state index < -0.39 is 0 Å². The molecule has 3 heterocycles. The predicted molar refractivity (Wildman–Crippen MR) is 95.3 cm³/mol. The number of nitrogens with one attached hydrogen (secondary N) is 3. The number of carbonyl (C=O) groups is 1. The van der Waals surface area contributed by atoms with Crippen LogP contribution in [0.5, 0.6) is 0 Å². The largest absolute Gasteiger partial charge is 0.330 e. The summed E-state index contributed by atoms with van der Waals surface area (Å²) in [6.07, 6.45) is 7.16. The van der Waals surface area contributed by atoms with Crippen molar-refractivity contribution in [2.24, 2.45) is 0 Å². The van der Waals surface area contributed by atoms with Crippen LogP contribution in [0.2, 0.25) is 0 Å². The Bertz CT molecular complexity index is 887. The predicted octanol–water partition coefficient (Wildman–Crippen LogP) is 3.50. The summed E-state index contributed by atoms with van der Waals surface area (Å²) in [7, 11) is 0. The number of nitrogens with zero attached hydrogens (tertiary/aromatic N) is 3. The number of carbonyl (C=O) groups excluding carboxylic acids is 1. The van der Waals surface area contributed by atoms with Crippen molar-refractivity contribution in [2.45, 2.75) is 38.1 Å². The molecule has 1 unspecified atom stereocenters. The van der Waals surface area contributed by atoms with Crippen molar-refractivity contribution in [1.82, 2.24) is 25.5 Å². The Morgan fingerprint density at radius 3 is 2.92 bits per heavy atom. The van der Waals surface area contributed by atoms with Gasteiger partial charge in [-0.3, -0.25) is 15.4 Å². The Balaban J connectivity index is 1.44. The van der Waals surface area contributed by atoms with Crippen LogP contribution in [0, 0.1) is 0 Å². The summed E-state index contributed by atoms with van der Waals surface area (Å²) in [6, 6.07) is 6.89. The van der Waals surface area contributed by atoms with Gasteiger partial charge in [0, 0.05) is 35.5 Å². The van der Waals surface area contributed by atoms with Crippen LogP contribution in [-0.2, 0) is 0 Å². The van der Waals surface area contributed by atoms with Crippen LogP contribution in [0.4, 0.5) is 10.6 Å². The molecule has 1 fully saturated rings. The number of aromatic amines is 1. The second kappa shape index (κ2) is 6.51. The average molecular weight is 336 g/mol. The van der Waals surface area contributed by atoms with Crippen molar-refractivity contribution < 1.29 is 4.79 Å². The zero-order chi connectivity index (χ0) is 17.2. The van der Waals surface area contributed by atoms with Crippen molar-refractivity contribution in [3.63, 3.8) is 0 Å². The Morgan fingerprint density at radius 1 is 1.32 bits per heavy atom. The SMILES string of the molecule is CC(NC(=O)Nc1cc2n[nH]c(C3CCC3)c2cn1)c1ccccn1. The van der Waals surface area contributed by atoms with E-state index in [1.807, 2.05) is 25.1 Å². The Hall–Kier alpha value is -2.96. The van der Waals surface area contributed by atoms with Gasteiger partial charge in [-0.2, -0.15) is 5.10 Å². The highest BCUT2D eigenvalue weighted by Gasteiger charge is 2.23. The fraction of sp³-hybridized carbons (Fsp3) is 0.333. The highest BCUT2D eigenvalue weighted by atomic mass is 16.2. The van der Waals surface area contributed by atoms with Crippen LogP contribution in [0.15, 0.2) is 36.7 Å². The zero-order valence-corrected chi connectivity index (χ0v) is 14.0. The van der Waals surface area contributed by atoms with Crippen molar-refractivity contribution in [3.05, 3.63) is 48.0 Å². The molecule has 3 N–H and O–H groups in total. The second-order valence-electron chi connectivity index (χ2n) is 6.43. The minimum atomic E-state index is -0.320. The van der Waals surface area contributed by atoms with E-state index in [0.29, 0.717) is 11.7 Å². The summed E-state index contributed by atoms with van der Waals surface area (Å²) in [5.74, 6) is 1.04. The summed E-state index contributed by atoms with van der Waals surface area (Å²) >= 11 is 0. The molecule has 3 aromatic heterocycles. The number of pyridine rings is 2. The first-order valence-corrected chi connectivity index (χ1v) is 8.53. The third-order valence-corrected chi connectivity index (χ3v) is 4.70. The molecule has 1 atom stereocenters. The molecule has 4 rings (SSSR count). The summed E-state index contributed by atoms with van der Waals surface area (Å²) in [5.41, 5.74) is 2.79. The average Bonchev–Trinajstić information content (AvgIpc) is 2.97. The molecular formula is C18H20N6O. The van der Waals surface area contributed by atoms with Gasteiger partial charge in [0.15, 0.2) is 0 Å². The number of aromatic nitrogens is 4. The monoisotopic (exact) mass is 336 g/mol. The minimum absolute atomic E-state index is 0.194. The highest BCUT2D eigenvalue weighted by molar-refractivity contribution is 5.91. The lowest BCUT2D eigenvalue weighted by atomic mass is 9.82. The van der Waals surface area contributed by atoms with E-state index in [-0.39, 0.29) is 12.1 Å². The molecule has 25 heavy (non-hydrogen) atoms. The molecule has 0 bridgehead atoms. The highest BCUT2D eigenvalue weighted by Crippen LogP contribution is 2.38. The van der Waals surface area contributed by atoms with Gasteiger partial charge in [-0.15, -0.1) is 0 Å². The molecule has 1 saturated carbocycles. The Morgan fingerprint density at radius 2 is 2.20 bits per heavy atom. The van der Waals surface area contributed by atoms with Gasteiger partial charge in [0.05, 0.1) is 17.3 Å². The maximum atomic E-state index is 12.2. The van der Waals surface area contributed by atoms with E-state index in [1.165, 1.54) is 19.3 Å². The molecular weight excluding hydrogens is 316 g/mol. The molecule has 0 saturated heterocycles. The fourth-order valence-electron chi connectivity index (χ4n) is 3.06. The van der Waals surface area contributed by atoms with E-state index in [0.717, 1.165) is 22.3 Å². The molecule has 1 aliphatic carbocycles. The molecule has 0 radical (unpaired) electrons. The third-order valence-electron chi connectivity index (χ3n) is 4.70. The van der Waals surface area contributed by atoms with E-state index >= 15 is 0 Å². The Labute approximate surface area is 145 Å². The first-order valence-electron chi connectivity index (χ1n) is 8.53. The smallest absolute Gasteiger partial charge is 0.320 e. The molecule has 0 spiro atoms. The van der Waals surface area contributed by atoms with E-state index in [1.54, 1.807) is 18.5 Å². The lowest BCUT2D eigenvalue weighted by Crippen LogP contribution is -2.31. The molecule has 1 aliphatic rings. The van der Waals surface area contributed by atoms with Crippen LogP contribution < -0.4 is 10.6 Å². The second-order valence-corrected chi connectivity index (χ2v) is 6.43. The lowest BCUT2D eigenvalue weighted by molar-refractivity contribution is 0.249. The quantitative estimate of drug-likeness (QED) is 0.679. The number of anilines is 1. The molecule has 128 valence electrons. The fourth-order valence-corrected chi connectivity index (χ4v) is 3.06. The molecule has 3 aromatic rings. The van der Waals surface area contributed by atoms with Gasteiger partial charge in [-0.25, -0.2) is 9.78 Å². The molecule has 0 aliphatic heterocycles. The van der Waals surface area contributed by atoms with Gasteiger partial charge in [-0.05, 0) is 31.9 Å². The van der Waals surface area contributed by atoms with E-state index in [2.05, 4.69) is 30.8 Å². The van der Waals surface area contributed by atoms with Crippen molar-refractivity contribution in [3.8, 4) is 0 Å². The number of rotatable bonds is 4. The summed E-state index contributed by atoms with van der Waals surface area (Å²) in [5, 5.41) is 14.1. The van der Waals surface area contributed by atoms with Gasteiger partial charge < -0.3 is 5.32 Å². The van der Waals surface area contributed by atoms with Crippen LogP contribution in [0.25, 0.3) is 10.9 Å². The third kappa shape index (κ3) is 3.17. The van der Waals surface area contributed by atoms with Crippen LogP contribution >= 0.6 is 0 Å². The van der Waals surface area contributed by atoms with Gasteiger partial charge in [0.25, 0.3) is 0 Å². The number of urea groups is 1. The maximum Gasteiger partial charge on any atom is 0.320 e. The number of amides is 2. The van der Waals surface area contributed by atoms with Gasteiger partial charge in [0.2, 0.25) is 0 Å². The van der Waals surface area contributed by atoms with Crippen molar-refractivity contribution >= 4 is 22.8 Å². The first kappa shape index (κ1) is 15.6. The normalized spacial score (nSPS) is 15.6. The van der Waals surface area contributed by atoms with Crippen LogP contribution in [-0.4, -0.2) is 26.2 Å². The number of hydrogen-bond acceptors (Lipinski definition) is 4. The Kier molecular flexibility index (Phi) is 4.05. The van der Waals surface area contributed by atoms with Crippen LogP contribution in [0.3, 0.4) is 0 Å². The molecule has 7 nitrogen and oxygen atoms in total. The molecule has 2 amide bonds. The molecule has 7 heteroatoms. The van der Waals surface area contributed by atoms with Gasteiger partial charge >= 0.3 is 6.03 Å². The zero-order valence-electron chi connectivity index (χ0n) is 14.0. The lowest BCUT2D eigenvalue weighted by Gasteiger charge is -2.24. The summed E-state index contributed by atoms with van der Waals surface area (Å²) in [4.78, 5) is 20.8. The number of H-pyrrole nitrogens is 1. The van der Waals surface area contributed by atoms with Crippen LogP contribution in [0.1, 0.15) is 49.5 Å². The van der Waals surface area contributed by atoms with E-state index in [9.17, 15) is 4.79 Å². The van der Waals surface area contributed by atoms with Gasteiger partial charge in [-0.1, -0.05) is 12.5 Å². The topological polar surface area (TPSA) is 95.6 Å². The summed E-state index contributed by atoms with van der Waals surface area (Å²) in [6.45, 7) is 1.89. The van der Waals surface area contributed by atoms with Crippen molar-refractivity contribution in [1.29, 1.82) is 0 Å². The minimum Gasteiger partial charge on any atom is -0.330 e. The summed E-state index contributed by atoms with van der Waals surface area (Å²) < 4.78 is 0. The van der Waals surface area contributed by atoms with Crippen molar-refractivity contribution in [2.75, 3.05) is 5.32 Å². The molecule has 0 aromatic carbocycles. The van der Waals surface area contributed by atoms with Gasteiger partial charge in [0.1, 0.15) is 5.82 Å². The number of hydrogen-bond donors (Lipinski definition) is 3. The number of fused-ring (bicyclic) bond motifs is 1. The first-order chi connectivity index (χ1) is 12.2. The standard InChI is InChI=1S/C18H20N6O/c1-11(14-7-2-3-8-19-14)21-18(25)22-16-9-15-13(10-20-16)17(24-23-15)12-5-4-6-12/h2-3,7-12H,4-6H2,1H3,(H,23,24)(H2,20,21,22,25).